The lowest BCUT2D eigenvalue weighted by molar-refractivity contribution is 0.0308. The molecule has 0 saturated carbocycles. The zero-order valence-electron chi connectivity index (χ0n) is 20.9. The van der Waals surface area contributed by atoms with E-state index < -0.39 is 0 Å². The second-order valence-electron chi connectivity index (χ2n) is 9.88. The number of hydrogen-bond donors (Lipinski definition) is 4. The van der Waals surface area contributed by atoms with Gasteiger partial charge in [-0.2, -0.15) is 0 Å². The molecule has 3 heterocycles. The molecule has 1 unspecified atom stereocenters. The highest BCUT2D eigenvalue weighted by atomic mass is 32.1. The van der Waals surface area contributed by atoms with Crippen molar-refractivity contribution in [3.63, 3.8) is 0 Å². The summed E-state index contributed by atoms with van der Waals surface area (Å²) in [5.41, 5.74) is 5.74. The average Bonchev–Trinajstić information content (AvgIpc) is 3.42. The first-order valence-corrected chi connectivity index (χ1v) is 13.1. The van der Waals surface area contributed by atoms with E-state index >= 15 is 0 Å². The number of ether oxygens (including phenoxy) is 1. The number of benzene rings is 2. The van der Waals surface area contributed by atoms with Gasteiger partial charge in [0.2, 0.25) is 0 Å². The van der Waals surface area contributed by atoms with Gasteiger partial charge < -0.3 is 25.4 Å². The molecule has 4 N–H and O–H groups in total. The normalized spacial score (nSPS) is 21.8. The molecule has 6 nitrogen and oxygen atoms in total. The standard InChI is InChI=1S/C28H34N4O2S/c1-17-18(2)26-22(19(3)25(17)33)11-12-28(4,34-26)24-16-30-13-14-32(24)21-9-7-20(8-10-21)31-27(29)23-6-5-15-35-23/h5-10,15,24,30,33H,11-14,16H2,1-4H3,(H2,29,31)/t24?,28-/m0/s1. The molecule has 2 aliphatic heterocycles. The predicted octanol–water partition coefficient (Wildman–Crippen LogP) is 5.38. The third-order valence-electron chi connectivity index (χ3n) is 7.73. The van der Waals surface area contributed by atoms with Gasteiger partial charge in [0.1, 0.15) is 22.9 Å². The lowest BCUT2D eigenvalue weighted by Crippen LogP contribution is -2.64. The molecule has 35 heavy (non-hydrogen) atoms. The number of thiophene rings is 1. The number of phenolic OH excluding ortho intramolecular Hbond substituents is 1. The van der Waals surface area contributed by atoms with Crippen LogP contribution in [-0.4, -0.2) is 42.2 Å². The SMILES string of the molecule is Cc1c(C)c2c(c(C)c1O)CC[C@@](C)(C1CNCCN1c1ccc(NC(=N)c3cccs3)cc1)O2. The first-order valence-electron chi connectivity index (χ1n) is 12.3. The van der Waals surface area contributed by atoms with Crippen LogP contribution in [-0.2, 0) is 6.42 Å². The number of fused-ring (bicyclic) bond motifs is 1. The number of nitrogens with zero attached hydrogens (tertiary/aromatic N) is 1. The number of aromatic hydroxyl groups is 1. The molecule has 2 aliphatic rings. The number of amidine groups is 1. The Bertz CT molecular complexity index is 1240. The van der Waals surface area contributed by atoms with Crippen LogP contribution in [0, 0.1) is 26.2 Å². The lowest BCUT2D eigenvalue weighted by atomic mass is 9.82. The van der Waals surface area contributed by atoms with E-state index in [2.05, 4.69) is 53.6 Å². The molecule has 7 heteroatoms. The summed E-state index contributed by atoms with van der Waals surface area (Å²) >= 11 is 1.56. The van der Waals surface area contributed by atoms with Crippen LogP contribution in [0.5, 0.6) is 11.5 Å². The Morgan fingerprint density at radius 3 is 2.66 bits per heavy atom. The summed E-state index contributed by atoms with van der Waals surface area (Å²) in [6.45, 7) is 10.9. The van der Waals surface area contributed by atoms with E-state index in [4.69, 9.17) is 10.1 Å². The van der Waals surface area contributed by atoms with E-state index in [1.54, 1.807) is 11.3 Å². The molecule has 184 valence electrons. The summed E-state index contributed by atoms with van der Waals surface area (Å²) in [7, 11) is 0. The van der Waals surface area contributed by atoms with Crippen LogP contribution in [0.15, 0.2) is 41.8 Å². The van der Waals surface area contributed by atoms with Gasteiger partial charge in [0.15, 0.2) is 0 Å². The molecule has 1 aromatic heterocycles. The van der Waals surface area contributed by atoms with Crippen molar-refractivity contribution < 1.29 is 9.84 Å². The molecule has 0 radical (unpaired) electrons. The van der Waals surface area contributed by atoms with Gasteiger partial charge in [-0.25, -0.2) is 0 Å². The summed E-state index contributed by atoms with van der Waals surface area (Å²) in [5, 5.41) is 27.6. The molecule has 1 fully saturated rings. The van der Waals surface area contributed by atoms with Crippen LogP contribution in [0.3, 0.4) is 0 Å². The maximum Gasteiger partial charge on any atom is 0.140 e. The van der Waals surface area contributed by atoms with Crippen molar-refractivity contribution >= 4 is 28.5 Å². The van der Waals surface area contributed by atoms with Gasteiger partial charge in [-0.3, -0.25) is 5.41 Å². The van der Waals surface area contributed by atoms with Crippen LogP contribution < -0.4 is 20.3 Å². The average molecular weight is 491 g/mol. The fourth-order valence-electron chi connectivity index (χ4n) is 5.42. The quantitative estimate of drug-likeness (QED) is 0.292. The highest BCUT2D eigenvalue weighted by Gasteiger charge is 2.44. The zero-order valence-corrected chi connectivity index (χ0v) is 21.7. The minimum absolute atomic E-state index is 0.168. The Morgan fingerprint density at radius 1 is 1.17 bits per heavy atom. The molecule has 1 saturated heterocycles. The maximum atomic E-state index is 10.6. The van der Waals surface area contributed by atoms with Gasteiger partial charge in [-0.1, -0.05) is 6.07 Å². The van der Waals surface area contributed by atoms with E-state index in [0.717, 1.165) is 76.7 Å². The number of rotatable bonds is 4. The highest BCUT2D eigenvalue weighted by Crippen LogP contribution is 2.45. The number of piperazine rings is 1. The van der Waals surface area contributed by atoms with Crippen molar-refractivity contribution in [1.29, 1.82) is 5.41 Å². The minimum atomic E-state index is -0.362. The van der Waals surface area contributed by atoms with Crippen LogP contribution in [0.1, 0.15) is 40.5 Å². The van der Waals surface area contributed by atoms with E-state index in [-0.39, 0.29) is 11.6 Å². The van der Waals surface area contributed by atoms with Crippen molar-refractivity contribution in [2.45, 2.75) is 52.2 Å². The van der Waals surface area contributed by atoms with Crippen molar-refractivity contribution in [2.24, 2.45) is 0 Å². The van der Waals surface area contributed by atoms with Crippen LogP contribution in [0.2, 0.25) is 0 Å². The largest absolute Gasteiger partial charge is 0.507 e. The van der Waals surface area contributed by atoms with E-state index in [1.807, 2.05) is 31.4 Å². The monoisotopic (exact) mass is 490 g/mol. The minimum Gasteiger partial charge on any atom is -0.507 e. The lowest BCUT2D eigenvalue weighted by Gasteiger charge is -2.50. The molecule has 2 aromatic carbocycles. The summed E-state index contributed by atoms with van der Waals surface area (Å²) < 4.78 is 6.84. The van der Waals surface area contributed by atoms with Gasteiger partial charge in [0, 0.05) is 36.6 Å². The first kappa shape index (κ1) is 23.7. The molecule has 5 rings (SSSR count). The van der Waals surface area contributed by atoms with Crippen molar-refractivity contribution in [3.05, 3.63) is 68.9 Å². The van der Waals surface area contributed by atoms with Gasteiger partial charge in [-0.05, 0) is 92.9 Å². The molecule has 3 aromatic rings. The van der Waals surface area contributed by atoms with Gasteiger partial charge in [0.05, 0.1) is 10.9 Å². The van der Waals surface area contributed by atoms with Gasteiger partial charge in [-0.15, -0.1) is 11.3 Å². The van der Waals surface area contributed by atoms with Crippen LogP contribution >= 0.6 is 11.3 Å². The Balaban J connectivity index is 1.39. The third-order valence-corrected chi connectivity index (χ3v) is 8.62. The molecule has 0 spiro atoms. The number of phenols is 1. The second-order valence-corrected chi connectivity index (χ2v) is 10.8. The van der Waals surface area contributed by atoms with Gasteiger partial charge in [0.25, 0.3) is 0 Å². The summed E-state index contributed by atoms with van der Waals surface area (Å²) in [6, 6.07) is 12.5. The third kappa shape index (κ3) is 4.28. The smallest absolute Gasteiger partial charge is 0.140 e. The molecule has 2 atom stereocenters. The fourth-order valence-corrected chi connectivity index (χ4v) is 6.05. The molecule has 0 bridgehead atoms. The van der Waals surface area contributed by atoms with Crippen molar-refractivity contribution in [1.82, 2.24) is 5.32 Å². The Kier molecular flexibility index (Phi) is 6.23. The molecule has 0 aliphatic carbocycles. The Hall–Kier alpha value is -3.03. The highest BCUT2D eigenvalue weighted by molar-refractivity contribution is 7.12. The number of anilines is 2. The van der Waals surface area contributed by atoms with E-state index in [0.29, 0.717) is 11.6 Å². The molecular weight excluding hydrogens is 456 g/mol. The number of nitrogens with one attached hydrogen (secondary N) is 3. The fraction of sp³-hybridized carbons (Fsp3) is 0.393. The maximum absolute atomic E-state index is 10.6. The second kappa shape index (κ2) is 9.21. The summed E-state index contributed by atoms with van der Waals surface area (Å²) in [5.74, 6) is 1.76. The van der Waals surface area contributed by atoms with E-state index in [9.17, 15) is 5.11 Å². The first-order chi connectivity index (χ1) is 16.8. The Morgan fingerprint density at radius 2 is 1.94 bits per heavy atom. The Labute approximate surface area is 211 Å². The predicted molar refractivity (Wildman–Crippen MR) is 145 cm³/mol. The van der Waals surface area contributed by atoms with Crippen LogP contribution in [0.25, 0.3) is 0 Å². The summed E-state index contributed by atoms with van der Waals surface area (Å²) in [4.78, 5) is 3.39. The molecular formula is C28H34N4O2S. The summed E-state index contributed by atoms with van der Waals surface area (Å²) in [6.07, 6.45) is 1.79. The van der Waals surface area contributed by atoms with Crippen LogP contribution in [0.4, 0.5) is 11.4 Å². The van der Waals surface area contributed by atoms with Crippen molar-refractivity contribution in [2.75, 3.05) is 29.9 Å². The topological polar surface area (TPSA) is 80.6 Å². The van der Waals surface area contributed by atoms with Gasteiger partial charge >= 0.3 is 0 Å². The number of hydrogen-bond acceptors (Lipinski definition) is 6. The van der Waals surface area contributed by atoms with Crippen molar-refractivity contribution in [3.8, 4) is 11.5 Å². The molecule has 0 amide bonds. The zero-order chi connectivity index (χ0) is 24.7. The van der Waals surface area contributed by atoms with E-state index in [1.165, 1.54) is 0 Å².